The van der Waals surface area contributed by atoms with Crippen LogP contribution in [-0.2, 0) is 11.3 Å². The predicted molar refractivity (Wildman–Crippen MR) is 142 cm³/mol. The Kier molecular flexibility index (Phi) is 7.62. The van der Waals surface area contributed by atoms with Crippen molar-refractivity contribution in [1.29, 1.82) is 0 Å². The number of rotatable bonds is 5. The summed E-state index contributed by atoms with van der Waals surface area (Å²) in [6, 6.07) is 6.82. The number of likely N-dealkylation sites (tertiary alicyclic amines) is 2. The van der Waals surface area contributed by atoms with E-state index in [0.29, 0.717) is 19.5 Å². The smallest absolute Gasteiger partial charge is 0.410 e. The summed E-state index contributed by atoms with van der Waals surface area (Å²) in [5, 5.41) is 7.02. The lowest BCUT2D eigenvalue weighted by atomic mass is 10.1. The third-order valence-corrected chi connectivity index (χ3v) is 7.27. The molecule has 1 aromatic heterocycles. The summed E-state index contributed by atoms with van der Waals surface area (Å²) < 4.78 is 79.3. The fraction of sp³-hybridized carbons (Fsp3) is 0.407. The molecule has 0 saturated carbocycles. The Morgan fingerprint density at radius 2 is 1.76 bits per heavy atom. The van der Waals surface area contributed by atoms with Crippen LogP contribution in [0.15, 0.2) is 40.8 Å². The highest BCUT2D eigenvalue weighted by atomic mass is 32.1. The molecule has 2 aromatic carbocycles. The van der Waals surface area contributed by atoms with Crippen molar-refractivity contribution in [3.8, 4) is 11.5 Å². The maximum absolute atomic E-state index is 15.3. The van der Waals surface area contributed by atoms with Gasteiger partial charge in [0.1, 0.15) is 11.4 Å². The molecule has 2 fully saturated rings. The number of carbonyl (C=O) groups is 1. The number of thiocarbonyl (C=S) groups is 1. The summed E-state index contributed by atoms with van der Waals surface area (Å²) in [5.41, 5.74) is -0.227. The number of anilines is 1. The number of nitrogens with zero attached hydrogens (tertiary/aromatic N) is 5. The number of alkyl halides is 2. The lowest BCUT2D eigenvalue weighted by Crippen LogP contribution is -2.54. The number of fused-ring (bicyclic) bond motifs is 2. The maximum atomic E-state index is 15.3. The number of piperazine rings is 1. The van der Waals surface area contributed by atoms with Gasteiger partial charge in [0.2, 0.25) is 5.89 Å². The van der Waals surface area contributed by atoms with Crippen LogP contribution in [0.2, 0.25) is 0 Å². The van der Waals surface area contributed by atoms with Crippen LogP contribution in [-0.4, -0.2) is 62.0 Å². The molecule has 2 aliphatic rings. The molecule has 0 aliphatic carbocycles. The van der Waals surface area contributed by atoms with Crippen LogP contribution in [0.25, 0.3) is 11.5 Å². The Balaban J connectivity index is 1.38. The minimum absolute atomic E-state index is 0.0895. The van der Waals surface area contributed by atoms with Gasteiger partial charge in [0.25, 0.3) is 5.89 Å². The first-order chi connectivity index (χ1) is 19.3. The molecule has 3 heterocycles. The molecule has 0 unspecified atom stereocenters. The Hall–Kier alpha value is -3.81. The van der Waals surface area contributed by atoms with E-state index >= 15 is 4.39 Å². The highest BCUT2D eigenvalue weighted by molar-refractivity contribution is 7.80. The highest BCUT2D eigenvalue weighted by Crippen LogP contribution is 2.35. The van der Waals surface area contributed by atoms with Gasteiger partial charge in [-0.25, -0.2) is 18.0 Å². The zero-order valence-corrected chi connectivity index (χ0v) is 23.1. The van der Waals surface area contributed by atoms with Gasteiger partial charge in [-0.05, 0) is 63.7 Å². The molecule has 8 nitrogen and oxygen atoms in total. The van der Waals surface area contributed by atoms with E-state index in [2.05, 4.69) is 10.2 Å². The van der Waals surface area contributed by atoms with E-state index in [1.807, 2.05) is 4.90 Å². The van der Waals surface area contributed by atoms with Crippen LogP contribution < -0.4 is 4.90 Å². The van der Waals surface area contributed by atoms with E-state index in [1.165, 1.54) is 23.1 Å². The first-order valence-corrected chi connectivity index (χ1v) is 13.1. The third kappa shape index (κ3) is 5.97. The van der Waals surface area contributed by atoms with E-state index in [0.717, 1.165) is 18.2 Å². The van der Waals surface area contributed by atoms with Gasteiger partial charge in [0.05, 0.1) is 18.6 Å². The first kappa shape index (κ1) is 28.7. The zero-order valence-electron chi connectivity index (χ0n) is 22.3. The molecule has 218 valence electrons. The van der Waals surface area contributed by atoms with Gasteiger partial charge in [0.15, 0.2) is 16.7 Å². The minimum Gasteiger partial charge on any atom is -0.444 e. The Morgan fingerprint density at radius 1 is 1.05 bits per heavy atom. The first-order valence-electron chi connectivity index (χ1n) is 12.7. The molecule has 41 heavy (non-hydrogen) atoms. The Bertz CT molecular complexity index is 1480. The third-order valence-electron chi connectivity index (χ3n) is 6.82. The van der Waals surface area contributed by atoms with Crippen LogP contribution in [0.3, 0.4) is 0 Å². The average Bonchev–Trinajstić information content (AvgIpc) is 3.65. The van der Waals surface area contributed by atoms with Crippen LogP contribution in [0.5, 0.6) is 0 Å². The molecule has 0 spiro atoms. The largest absolute Gasteiger partial charge is 0.444 e. The summed E-state index contributed by atoms with van der Waals surface area (Å²) in [6.45, 7) is 5.94. The second-order valence-electron chi connectivity index (χ2n) is 10.8. The monoisotopic (exact) mass is 595 g/mol. The average molecular weight is 596 g/mol. The highest BCUT2D eigenvalue weighted by Gasteiger charge is 2.48. The molecule has 2 bridgehead atoms. The van der Waals surface area contributed by atoms with Gasteiger partial charge >= 0.3 is 12.5 Å². The maximum Gasteiger partial charge on any atom is 0.410 e. The summed E-state index contributed by atoms with van der Waals surface area (Å²) >= 11 is 5.80. The summed E-state index contributed by atoms with van der Waals surface area (Å²) in [7, 11) is 0. The van der Waals surface area contributed by atoms with E-state index in [-0.39, 0.29) is 46.4 Å². The van der Waals surface area contributed by atoms with Crippen molar-refractivity contribution in [2.24, 2.45) is 0 Å². The van der Waals surface area contributed by atoms with E-state index in [4.69, 9.17) is 21.4 Å². The van der Waals surface area contributed by atoms with Crippen LogP contribution in [0, 0.1) is 17.5 Å². The van der Waals surface area contributed by atoms with Crippen molar-refractivity contribution in [2.75, 3.05) is 18.0 Å². The van der Waals surface area contributed by atoms with Gasteiger partial charge in [-0.1, -0.05) is 6.07 Å². The molecule has 3 aromatic rings. The summed E-state index contributed by atoms with van der Waals surface area (Å²) in [5.74, 6) is -4.04. The van der Waals surface area contributed by atoms with Crippen molar-refractivity contribution in [2.45, 2.75) is 57.8 Å². The molecule has 14 heteroatoms. The normalized spacial score (nSPS) is 18.4. The molecule has 0 N–H and O–H groups in total. The second-order valence-corrected chi connectivity index (χ2v) is 11.2. The molecular weight excluding hydrogens is 569 g/mol. The van der Waals surface area contributed by atoms with Crippen LogP contribution in [0.1, 0.15) is 45.1 Å². The van der Waals surface area contributed by atoms with Crippen molar-refractivity contribution in [3.05, 3.63) is 65.3 Å². The molecule has 5 rings (SSSR count). The Morgan fingerprint density at radius 3 is 2.34 bits per heavy atom. The molecular formula is C27H26F5N5O3S. The van der Waals surface area contributed by atoms with E-state index in [1.54, 1.807) is 25.7 Å². The van der Waals surface area contributed by atoms with E-state index in [9.17, 15) is 22.4 Å². The number of amides is 1. The standard InChI is InChI=1S/C27H26F5N5O3S/c1-27(2,3)40-26(38)37-13-17-9-18(37)12-36(17)25(41)35(16-6-7-19(28)21(30)10-16)11-15-5-4-14(8-20(15)29)23-33-34-24(39-23)22(31)32/h4-8,10,17-18,22H,9,11-13H2,1-3H3/t17-,18-/m0/s1. The lowest BCUT2D eigenvalue weighted by Gasteiger charge is -2.39. The minimum atomic E-state index is -2.97. The van der Waals surface area contributed by atoms with Gasteiger partial charge < -0.3 is 23.9 Å². The molecule has 2 atom stereocenters. The number of benzene rings is 2. The molecule has 2 aliphatic heterocycles. The fourth-order valence-corrected chi connectivity index (χ4v) is 5.33. The summed E-state index contributed by atoms with van der Waals surface area (Å²) in [6.07, 6.45) is -2.75. The lowest BCUT2D eigenvalue weighted by molar-refractivity contribution is 0.0168. The fourth-order valence-electron chi connectivity index (χ4n) is 4.94. The molecule has 0 radical (unpaired) electrons. The van der Waals surface area contributed by atoms with E-state index < -0.39 is 41.5 Å². The second kappa shape index (κ2) is 10.9. The zero-order chi connectivity index (χ0) is 29.6. The van der Waals surface area contributed by atoms with Crippen molar-refractivity contribution >= 4 is 29.1 Å². The van der Waals surface area contributed by atoms with Gasteiger partial charge in [-0.2, -0.15) is 8.78 Å². The van der Waals surface area contributed by atoms with Gasteiger partial charge in [-0.15, -0.1) is 10.2 Å². The van der Waals surface area contributed by atoms with Gasteiger partial charge in [0, 0.05) is 36.0 Å². The van der Waals surface area contributed by atoms with Crippen LogP contribution >= 0.6 is 12.2 Å². The van der Waals surface area contributed by atoms with Crippen molar-refractivity contribution < 1.29 is 35.9 Å². The SMILES string of the molecule is CC(C)(C)OC(=O)N1C[C@@H]2C[C@H]1CN2C(=S)N(Cc1ccc(-c2nnc(C(F)F)o2)cc1F)c1ccc(F)c(F)c1. The van der Waals surface area contributed by atoms with Crippen LogP contribution in [0.4, 0.5) is 32.4 Å². The number of carbonyl (C=O) groups excluding carboxylic acids is 1. The number of hydrogen-bond donors (Lipinski definition) is 0. The van der Waals surface area contributed by atoms with Crippen molar-refractivity contribution in [3.63, 3.8) is 0 Å². The number of halogens is 5. The topological polar surface area (TPSA) is 74.9 Å². The number of aromatic nitrogens is 2. The molecule has 1 amide bonds. The number of ether oxygens (including phenoxy) is 1. The number of hydrogen-bond acceptors (Lipinski definition) is 6. The quantitative estimate of drug-likeness (QED) is 0.260. The van der Waals surface area contributed by atoms with Crippen molar-refractivity contribution in [1.82, 2.24) is 20.0 Å². The predicted octanol–water partition coefficient (Wildman–Crippen LogP) is 6.08. The summed E-state index contributed by atoms with van der Waals surface area (Å²) in [4.78, 5) is 17.7. The van der Waals surface area contributed by atoms with Gasteiger partial charge in [-0.3, -0.25) is 0 Å². The molecule has 2 saturated heterocycles. The Labute approximate surface area is 237 Å².